The number of nitrogens with one attached hydrogen (secondary N) is 1. The lowest BCUT2D eigenvalue weighted by Crippen LogP contribution is -2.30. The minimum Gasteiger partial charge on any atom is -0.508 e. The van der Waals surface area contributed by atoms with Crippen LogP contribution in [-0.2, 0) is 6.54 Å². The minimum absolute atomic E-state index is 0.318. The average molecular weight is 284 g/mol. The lowest BCUT2D eigenvalue weighted by atomic mass is 10.1. The fraction of sp³-hybridized carbons (Fsp3) is 0.333. The van der Waals surface area contributed by atoms with Crippen LogP contribution >= 0.6 is 0 Å². The molecule has 0 spiro atoms. The SMILES string of the molecule is Cc1ccc(O)c(CNCC(c2ccccc2)N(C)C)c1. The predicted octanol–water partition coefficient (Wildman–Crippen LogP) is 3.09. The molecule has 0 saturated heterocycles. The number of benzene rings is 2. The Balaban J connectivity index is 1.98. The number of hydrogen-bond acceptors (Lipinski definition) is 3. The van der Waals surface area contributed by atoms with E-state index in [4.69, 9.17) is 0 Å². The van der Waals surface area contributed by atoms with E-state index < -0.39 is 0 Å². The van der Waals surface area contributed by atoms with Crippen LogP contribution in [0.4, 0.5) is 0 Å². The van der Waals surface area contributed by atoms with E-state index in [2.05, 4.69) is 48.6 Å². The summed E-state index contributed by atoms with van der Waals surface area (Å²) >= 11 is 0. The summed E-state index contributed by atoms with van der Waals surface area (Å²) in [6.07, 6.45) is 0. The van der Waals surface area contributed by atoms with Gasteiger partial charge in [-0.15, -0.1) is 0 Å². The molecule has 3 heteroatoms. The lowest BCUT2D eigenvalue weighted by Gasteiger charge is -2.25. The van der Waals surface area contributed by atoms with Crippen LogP contribution in [0.3, 0.4) is 0 Å². The van der Waals surface area contributed by atoms with Crippen molar-refractivity contribution in [3.63, 3.8) is 0 Å². The van der Waals surface area contributed by atoms with Crippen LogP contribution in [0.25, 0.3) is 0 Å². The minimum atomic E-state index is 0.318. The maximum Gasteiger partial charge on any atom is 0.120 e. The highest BCUT2D eigenvalue weighted by atomic mass is 16.3. The van der Waals surface area contributed by atoms with Crippen LogP contribution in [0.5, 0.6) is 5.75 Å². The molecule has 0 heterocycles. The first-order valence-corrected chi connectivity index (χ1v) is 7.28. The molecule has 0 bridgehead atoms. The summed E-state index contributed by atoms with van der Waals surface area (Å²) in [6.45, 7) is 3.55. The molecule has 0 aliphatic heterocycles. The number of aryl methyl sites for hydroxylation is 1. The van der Waals surface area contributed by atoms with Gasteiger partial charge >= 0.3 is 0 Å². The van der Waals surface area contributed by atoms with Crippen molar-refractivity contribution in [3.8, 4) is 5.75 Å². The highest BCUT2D eigenvalue weighted by Crippen LogP contribution is 2.19. The van der Waals surface area contributed by atoms with Crippen LogP contribution in [-0.4, -0.2) is 30.6 Å². The number of phenols is 1. The van der Waals surface area contributed by atoms with Crippen molar-refractivity contribution in [3.05, 3.63) is 65.2 Å². The zero-order chi connectivity index (χ0) is 15.2. The van der Waals surface area contributed by atoms with Crippen molar-refractivity contribution in [2.45, 2.75) is 19.5 Å². The predicted molar refractivity (Wildman–Crippen MR) is 87.4 cm³/mol. The van der Waals surface area contributed by atoms with Gasteiger partial charge in [0.25, 0.3) is 0 Å². The van der Waals surface area contributed by atoms with E-state index in [0.29, 0.717) is 18.3 Å². The van der Waals surface area contributed by atoms with Crippen molar-refractivity contribution in [2.24, 2.45) is 0 Å². The van der Waals surface area contributed by atoms with Crippen molar-refractivity contribution < 1.29 is 5.11 Å². The molecular formula is C18H24N2O. The van der Waals surface area contributed by atoms with E-state index in [1.54, 1.807) is 6.07 Å². The van der Waals surface area contributed by atoms with E-state index in [1.165, 1.54) is 5.56 Å². The number of likely N-dealkylation sites (N-methyl/N-ethyl adjacent to an activating group) is 1. The fourth-order valence-corrected chi connectivity index (χ4v) is 2.47. The quantitative estimate of drug-likeness (QED) is 0.855. The Morgan fingerprint density at radius 3 is 2.48 bits per heavy atom. The van der Waals surface area contributed by atoms with Crippen molar-refractivity contribution >= 4 is 0 Å². The third-order valence-corrected chi connectivity index (χ3v) is 3.70. The van der Waals surface area contributed by atoms with E-state index in [1.807, 2.05) is 25.1 Å². The molecule has 1 atom stereocenters. The molecule has 0 saturated carbocycles. The molecule has 0 radical (unpaired) electrons. The molecule has 0 aliphatic rings. The first kappa shape index (κ1) is 15.5. The maximum absolute atomic E-state index is 9.88. The molecule has 0 fully saturated rings. The second-order valence-electron chi connectivity index (χ2n) is 5.65. The topological polar surface area (TPSA) is 35.5 Å². The Kier molecular flexibility index (Phi) is 5.37. The molecule has 3 nitrogen and oxygen atoms in total. The highest BCUT2D eigenvalue weighted by Gasteiger charge is 2.13. The van der Waals surface area contributed by atoms with Gasteiger partial charge in [-0.05, 0) is 32.6 Å². The largest absolute Gasteiger partial charge is 0.508 e. The fourth-order valence-electron chi connectivity index (χ4n) is 2.47. The van der Waals surface area contributed by atoms with E-state index >= 15 is 0 Å². The van der Waals surface area contributed by atoms with E-state index in [-0.39, 0.29) is 0 Å². The van der Waals surface area contributed by atoms with Gasteiger partial charge in [0.1, 0.15) is 5.75 Å². The zero-order valence-corrected chi connectivity index (χ0v) is 13.0. The molecule has 0 aliphatic carbocycles. The second kappa shape index (κ2) is 7.25. The average Bonchev–Trinajstić information content (AvgIpc) is 2.47. The monoisotopic (exact) mass is 284 g/mol. The van der Waals surface area contributed by atoms with E-state index in [9.17, 15) is 5.11 Å². The Hall–Kier alpha value is -1.84. The summed E-state index contributed by atoms with van der Waals surface area (Å²) in [5.41, 5.74) is 3.40. The molecule has 21 heavy (non-hydrogen) atoms. The third-order valence-electron chi connectivity index (χ3n) is 3.70. The summed E-state index contributed by atoms with van der Waals surface area (Å²) in [5, 5.41) is 13.3. The number of phenolic OH excluding ortho intramolecular Hbond substituents is 1. The van der Waals surface area contributed by atoms with Crippen LogP contribution in [0.2, 0.25) is 0 Å². The number of rotatable bonds is 6. The molecule has 0 amide bonds. The Morgan fingerprint density at radius 2 is 1.81 bits per heavy atom. The molecule has 2 N–H and O–H groups in total. The van der Waals surface area contributed by atoms with Crippen molar-refractivity contribution in [2.75, 3.05) is 20.6 Å². The summed E-state index contributed by atoms with van der Waals surface area (Å²) in [7, 11) is 4.17. The van der Waals surface area contributed by atoms with Gasteiger partial charge in [-0.1, -0.05) is 48.0 Å². The first-order valence-electron chi connectivity index (χ1n) is 7.28. The molecule has 2 aromatic rings. The van der Waals surface area contributed by atoms with Crippen LogP contribution in [0, 0.1) is 6.92 Å². The van der Waals surface area contributed by atoms with Gasteiger partial charge in [-0.2, -0.15) is 0 Å². The normalized spacial score (nSPS) is 12.6. The van der Waals surface area contributed by atoms with Gasteiger partial charge in [0.15, 0.2) is 0 Å². The van der Waals surface area contributed by atoms with Gasteiger partial charge in [0, 0.05) is 24.7 Å². The summed E-state index contributed by atoms with van der Waals surface area (Å²) in [4.78, 5) is 2.21. The molecule has 112 valence electrons. The standard InChI is InChI=1S/C18H24N2O/c1-14-9-10-18(21)16(11-14)12-19-13-17(20(2)3)15-7-5-4-6-8-15/h4-11,17,19,21H,12-13H2,1-3H3. The van der Waals surface area contributed by atoms with Crippen molar-refractivity contribution in [1.29, 1.82) is 0 Å². The number of aromatic hydroxyl groups is 1. The molecule has 1 unspecified atom stereocenters. The van der Waals surface area contributed by atoms with Gasteiger partial charge in [-0.3, -0.25) is 0 Å². The van der Waals surface area contributed by atoms with Gasteiger partial charge < -0.3 is 15.3 Å². The Bertz CT molecular complexity index is 567. The van der Waals surface area contributed by atoms with Crippen LogP contribution in [0.15, 0.2) is 48.5 Å². The third kappa shape index (κ3) is 4.31. The zero-order valence-electron chi connectivity index (χ0n) is 13.0. The lowest BCUT2D eigenvalue weighted by molar-refractivity contribution is 0.288. The van der Waals surface area contributed by atoms with E-state index in [0.717, 1.165) is 17.7 Å². The maximum atomic E-state index is 9.88. The molecular weight excluding hydrogens is 260 g/mol. The van der Waals surface area contributed by atoms with Gasteiger partial charge in [0.05, 0.1) is 0 Å². The molecule has 2 aromatic carbocycles. The molecule has 2 rings (SSSR count). The summed E-state index contributed by atoms with van der Waals surface area (Å²) in [5.74, 6) is 0.356. The van der Waals surface area contributed by atoms with Crippen LogP contribution in [0.1, 0.15) is 22.7 Å². The molecule has 0 aromatic heterocycles. The smallest absolute Gasteiger partial charge is 0.120 e. The number of nitrogens with zero attached hydrogens (tertiary/aromatic N) is 1. The van der Waals surface area contributed by atoms with Gasteiger partial charge in [-0.25, -0.2) is 0 Å². The number of hydrogen-bond donors (Lipinski definition) is 2. The first-order chi connectivity index (χ1) is 10.1. The highest BCUT2D eigenvalue weighted by molar-refractivity contribution is 5.35. The Labute approximate surface area is 127 Å². The summed E-state index contributed by atoms with van der Waals surface area (Å²) in [6, 6.07) is 16.5. The second-order valence-corrected chi connectivity index (χ2v) is 5.65. The van der Waals surface area contributed by atoms with Crippen molar-refractivity contribution in [1.82, 2.24) is 10.2 Å². The summed E-state index contributed by atoms with van der Waals surface area (Å²) < 4.78 is 0. The van der Waals surface area contributed by atoms with Crippen LogP contribution < -0.4 is 5.32 Å². The Morgan fingerprint density at radius 1 is 1.10 bits per heavy atom. The van der Waals surface area contributed by atoms with Gasteiger partial charge in [0.2, 0.25) is 0 Å².